The smallest absolute Gasteiger partial charge is 0.235 e. The first-order valence-corrected chi connectivity index (χ1v) is 6.59. The Hall–Kier alpha value is -2.63. The zero-order valence-electron chi connectivity index (χ0n) is 12.0. The number of amides is 2. The molecule has 0 saturated carbocycles. The molecule has 0 aliphatic rings. The van der Waals surface area contributed by atoms with E-state index in [-0.39, 0.29) is 11.8 Å². The number of primary amides is 1. The molecule has 6 heteroatoms. The second kappa shape index (κ2) is 5.78. The fourth-order valence-electron chi connectivity index (χ4n) is 2.06. The molecule has 1 aromatic heterocycles. The summed E-state index contributed by atoms with van der Waals surface area (Å²) in [4.78, 5) is 22.2. The molecule has 110 valence electrons. The van der Waals surface area contributed by atoms with Gasteiger partial charge in [-0.3, -0.25) is 14.7 Å². The molecule has 0 unspecified atom stereocenters. The van der Waals surface area contributed by atoms with Gasteiger partial charge >= 0.3 is 0 Å². The van der Waals surface area contributed by atoms with Crippen molar-refractivity contribution in [2.75, 3.05) is 5.32 Å². The fraction of sp³-hybridized carbons (Fsp3) is 0.267. The highest BCUT2D eigenvalue weighted by Gasteiger charge is 2.25. The quantitative estimate of drug-likeness (QED) is 0.727. The van der Waals surface area contributed by atoms with Crippen LogP contribution in [0.15, 0.2) is 36.4 Å². The molecule has 0 atom stereocenters. The lowest BCUT2D eigenvalue weighted by molar-refractivity contribution is -0.124. The molecular weight excluding hydrogens is 268 g/mol. The van der Waals surface area contributed by atoms with Gasteiger partial charge < -0.3 is 11.1 Å². The van der Waals surface area contributed by atoms with Crippen LogP contribution in [0.4, 0.5) is 5.82 Å². The van der Waals surface area contributed by atoms with Crippen LogP contribution in [0, 0.1) is 0 Å². The molecule has 0 spiro atoms. The number of nitrogens with one attached hydrogen (secondary N) is 2. The number of carbonyl (C=O) groups is 2. The molecule has 21 heavy (non-hydrogen) atoms. The summed E-state index contributed by atoms with van der Waals surface area (Å²) in [5.74, 6) is -0.772. The summed E-state index contributed by atoms with van der Waals surface area (Å²) in [6.45, 7) is 4.12. The molecule has 1 heterocycles. The number of nitrogens with two attached hydrogens (primary N) is 1. The largest absolute Gasteiger partial charge is 0.369 e. The zero-order chi connectivity index (χ0) is 15.5. The van der Waals surface area contributed by atoms with E-state index in [2.05, 4.69) is 29.4 Å². The number of H-pyrrole nitrogens is 1. The lowest BCUT2D eigenvalue weighted by Gasteiger charge is -2.23. The third kappa shape index (κ3) is 3.47. The van der Waals surface area contributed by atoms with Gasteiger partial charge in [0.1, 0.15) is 6.42 Å². The Bertz CT molecular complexity index is 647. The van der Waals surface area contributed by atoms with E-state index in [4.69, 9.17) is 5.73 Å². The van der Waals surface area contributed by atoms with Gasteiger partial charge in [0.2, 0.25) is 11.8 Å². The minimum Gasteiger partial charge on any atom is -0.369 e. The van der Waals surface area contributed by atoms with Crippen LogP contribution in [0.5, 0.6) is 0 Å². The molecule has 2 amide bonds. The monoisotopic (exact) mass is 286 g/mol. The number of aromatic amines is 1. The average Bonchev–Trinajstić information content (AvgIpc) is 2.88. The maximum Gasteiger partial charge on any atom is 0.235 e. The van der Waals surface area contributed by atoms with E-state index in [0.717, 1.165) is 11.3 Å². The normalized spacial score (nSPS) is 11.1. The van der Waals surface area contributed by atoms with Gasteiger partial charge in [-0.1, -0.05) is 44.2 Å². The predicted octanol–water partition coefficient (Wildman–Crippen LogP) is 1.55. The molecule has 2 rings (SSSR count). The summed E-state index contributed by atoms with van der Waals surface area (Å²) in [6, 6.07) is 11.7. The Morgan fingerprint density at radius 2 is 1.95 bits per heavy atom. The van der Waals surface area contributed by atoms with Crippen molar-refractivity contribution < 1.29 is 9.59 Å². The van der Waals surface area contributed by atoms with E-state index in [1.54, 1.807) is 6.07 Å². The highest BCUT2D eigenvalue weighted by Crippen LogP contribution is 2.30. The molecular formula is C15H18N4O2. The van der Waals surface area contributed by atoms with E-state index in [9.17, 15) is 9.59 Å². The van der Waals surface area contributed by atoms with Crippen LogP contribution in [-0.2, 0) is 15.0 Å². The van der Waals surface area contributed by atoms with Crippen molar-refractivity contribution in [1.29, 1.82) is 0 Å². The maximum absolute atomic E-state index is 11.5. The maximum atomic E-state index is 11.5. The minimum absolute atomic E-state index is 0.277. The second-order valence-electron chi connectivity index (χ2n) is 5.35. The Morgan fingerprint density at radius 3 is 2.57 bits per heavy atom. The van der Waals surface area contributed by atoms with Gasteiger partial charge in [-0.25, -0.2) is 0 Å². The van der Waals surface area contributed by atoms with Crippen molar-refractivity contribution in [2.45, 2.75) is 25.7 Å². The molecule has 6 nitrogen and oxygen atoms in total. The number of hydrogen-bond donors (Lipinski definition) is 3. The molecule has 4 N–H and O–H groups in total. The molecule has 0 saturated heterocycles. The Labute approximate surface area is 122 Å². The van der Waals surface area contributed by atoms with Crippen molar-refractivity contribution >= 4 is 17.6 Å². The first-order chi connectivity index (χ1) is 9.89. The molecule has 1 aromatic carbocycles. The highest BCUT2D eigenvalue weighted by atomic mass is 16.2. The number of hydrogen-bond acceptors (Lipinski definition) is 3. The number of anilines is 1. The van der Waals surface area contributed by atoms with E-state index < -0.39 is 11.8 Å². The summed E-state index contributed by atoms with van der Waals surface area (Å²) in [7, 11) is 0. The first-order valence-electron chi connectivity index (χ1n) is 6.59. The molecule has 0 fully saturated rings. The predicted molar refractivity (Wildman–Crippen MR) is 79.6 cm³/mol. The minimum atomic E-state index is -0.673. The number of rotatable bonds is 5. The summed E-state index contributed by atoms with van der Waals surface area (Å²) < 4.78 is 0. The standard InChI is InChI=1S/C15H18N4O2/c1-15(2,10-6-4-3-5-7-10)11-8-13(19-18-11)17-14(21)9-12(16)20/h3-8H,9H2,1-2H3,(H2,16,20)(H2,17,18,19,21). The van der Waals surface area contributed by atoms with Crippen LogP contribution in [0.1, 0.15) is 31.5 Å². The molecule has 0 radical (unpaired) electrons. The first kappa shape index (κ1) is 14.8. The van der Waals surface area contributed by atoms with Gasteiger partial charge in [-0.05, 0) is 5.56 Å². The lowest BCUT2D eigenvalue weighted by atomic mass is 9.82. The van der Waals surface area contributed by atoms with Crippen LogP contribution in [0.2, 0.25) is 0 Å². The van der Waals surface area contributed by atoms with Crippen molar-refractivity contribution in [3.63, 3.8) is 0 Å². The van der Waals surface area contributed by atoms with Gasteiger partial charge in [-0.15, -0.1) is 0 Å². The van der Waals surface area contributed by atoms with Crippen LogP contribution in [-0.4, -0.2) is 22.0 Å². The van der Waals surface area contributed by atoms with Crippen LogP contribution in [0.25, 0.3) is 0 Å². The number of benzene rings is 1. The van der Waals surface area contributed by atoms with Gasteiger partial charge in [-0.2, -0.15) is 5.10 Å². The fourth-order valence-corrected chi connectivity index (χ4v) is 2.06. The topological polar surface area (TPSA) is 101 Å². The SMILES string of the molecule is CC(C)(c1ccccc1)c1cc(NC(=O)CC(N)=O)n[nH]1. The van der Waals surface area contributed by atoms with Crippen molar-refractivity contribution in [1.82, 2.24) is 10.2 Å². The Morgan fingerprint density at radius 1 is 1.29 bits per heavy atom. The zero-order valence-corrected chi connectivity index (χ0v) is 12.0. The van der Waals surface area contributed by atoms with Crippen LogP contribution in [0.3, 0.4) is 0 Å². The van der Waals surface area contributed by atoms with E-state index in [1.165, 1.54) is 0 Å². The van der Waals surface area contributed by atoms with Gasteiger partial charge in [0.15, 0.2) is 5.82 Å². The summed E-state index contributed by atoms with van der Waals surface area (Å²) in [5, 5.41) is 9.50. The molecule has 0 bridgehead atoms. The van der Waals surface area contributed by atoms with E-state index >= 15 is 0 Å². The summed E-state index contributed by atoms with van der Waals surface area (Å²) in [5.41, 5.74) is 6.68. The molecule has 0 aliphatic carbocycles. The van der Waals surface area contributed by atoms with E-state index in [0.29, 0.717) is 5.82 Å². The third-order valence-electron chi connectivity index (χ3n) is 3.35. The van der Waals surface area contributed by atoms with Crippen LogP contribution >= 0.6 is 0 Å². The van der Waals surface area contributed by atoms with Crippen LogP contribution < -0.4 is 11.1 Å². The summed E-state index contributed by atoms with van der Waals surface area (Å²) in [6.07, 6.45) is -0.357. The van der Waals surface area contributed by atoms with Crippen molar-refractivity contribution in [3.05, 3.63) is 47.7 Å². The lowest BCUT2D eigenvalue weighted by Crippen LogP contribution is -2.21. The highest BCUT2D eigenvalue weighted by molar-refractivity contribution is 6.02. The second-order valence-corrected chi connectivity index (χ2v) is 5.35. The summed E-state index contributed by atoms with van der Waals surface area (Å²) >= 11 is 0. The van der Waals surface area contributed by atoms with E-state index in [1.807, 2.05) is 30.3 Å². The number of nitrogens with zero attached hydrogens (tertiary/aromatic N) is 1. The molecule has 0 aliphatic heterocycles. The Balaban J connectivity index is 2.16. The van der Waals surface area contributed by atoms with Gasteiger partial charge in [0.25, 0.3) is 0 Å². The van der Waals surface area contributed by atoms with Gasteiger partial charge in [0, 0.05) is 17.2 Å². The Kier molecular flexibility index (Phi) is 4.07. The number of aromatic nitrogens is 2. The van der Waals surface area contributed by atoms with Crippen molar-refractivity contribution in [3.8, 4) is 0 Å². The van der Waals surface area contributed by atoms with Crippen molar-refractivity contribution in [2.24, 2.45) is 5.73 Å². The number of carbonyl (C=O) groups excluding carboxylic acids is 2. The average molecular weight is 286 g/mol. The third-order valence-corrected chi connectivity index (χ3v) is 3.35. The molecule has 2 aromatic rings. The van der Waals surface area contributed by atoms with Gasteiger partial charge in [0.05, 0.1) is 0 Å².